The molecule has 1 N–H and O–H groups in total. The molecule has 1 aliphatic heterocycles. The first-order valence-corrected chi connectivity index (χ1v) is 7.69. The topological polar surface area (TPSA) is 21.3 Å². The average Bonchev–Trinajstić information content (AvgIpc) is 2.75. The maximum absolute atomic E-state index is 5.92. The summed E-state index contributed by atoms with van der Waals surface area (Å²) in [5.74, 6) is 4.04. The SMILES string of the molecule is COC12CC3CC(C1)C1(NCCS1)C(C3)C2.Cl. The molecule has 4 heteroatoms. The Morgan fingerprint density at radius 3 is 2.41 bits per heavy atom. The van der Waals surface area contributed by atoms with Crippen molar-refractivity contribution in [3.8, 4) is 0 Å². The van der Waals surface area contributed by atoms with Gasteiger partial charge in [0.15, 0.2) is 0 Å². The highest BCUT2D eigenvalue weighted by molar-refractivity contribution is 8.00. The molecule has 0 aromatic heterocycles. The molecule has 0 radical (unpaired) electrons. The standard InChI is InChI=1S/C13H21NOS.ClH/c1-15-12-6-9-4-10(7-12)13(11(5-9)8-12)14-2-3-16-13;/h9-11,14H,2-8H2,1H3;1H. The van der Waals surface area contributed by atoms with Gasteiger partial charge in [-0.1, -0.05) is 0 Å². The lowest BCUT2D eigenvalue weighted by Crippen LogP contribution is -2.66. The molecule has 0 amide bonds. The van der Waals surface area contributed by atoms with E-state index in [-0.39, 0.29) is 18.0 Å². The van der Waals surface area contributed by atoms with E-state index >= 15 is 0 Å². The molecule has 5 rings (SSSR count). The minimum absolute atomic E-state index is 0. The van der Waals surface area contributed by atoms with Gasteiger partial charge >= 0.3 is 0 Å². The zero-order valence-corrected chi connectivity index (χ0v) is 12.0. The highest BCUT2D eigenvalue weighted by Gasteiger charge is 2.63. The second kappa shape index (κ2) is 4.03. The Morgan fingerprint density at radius 2 is 1.88 bits per heavy atom. The summed E-state index contributed by atoms with van der Waals surface area (Å²) in [6.45, 7) is 1.22. The predicted octanol–water partition coefficient (Wildman–Crippen LogP) is 2.67. The third-order valence-corrected chi connectivity index (χ3v) is 7.32. The Kier molecular flexibility index (Phi) is 2.98. The summed E-state index contributed by atoms with van der Waals surface area (Å²) in [7, 11) is 1.94. The van der Waals surface area contributed by atoms with Crippen LogP contribution in [0, 0.1) is 17.8 Å². The van der Waals surface area contributed by atoms with Crippen molar-refractivity contribution in [2.45, 2.75) is 42.6 Å². The number of halogens is 1. The number of hydrogen-bond donors (Lipinski definition) is 1. The van der Waals surface area contributed by atoms with Gasteiger partial charge in [0.1, 0.15) is 0 Å². The zero-order chi connectivity index (χ0) is 10.8. The fourth-order valence-corrected chi connectivity index (χ4v) is 6.76. The van der Waals surface area contributed by atoms with E-state index in [9.17, 15) is 0 Å². The van der Waals surface area contributed by atoms with Gasteiger partial charge in [-0.2, -0.15) is 0 Å². The smallest absolute Gasteiger partial charge is 0.0705 e. The van der Waals surface area contributed by atoms with Crippen LogP contribution in [-0.4, -0.2) is 29.9 Å². The number of hydrogen-bond acceptors (Lipinski definition) is 3. The van der Waals surface area contributed by atoms with E-state index in [0.717, 1.165) is 17.8 Å². The molecule has 5 aliphatic rings. The fourth-order valence-electron chi connectivity index (χ4n) is 5.19. The molecule has 5 fully saturated rings. The third kappa shape index (κ3) is 1.55. The fraction of sp³-hybridized carbons (Fsp3) is 1.00. The minimum Gasteiger partial charge on any atom is -0.378 e. The van der Waals surface area contributed by atoms with Crippen molar-refractivity contribution in [2.75, 3.05) is 19.4 Å². The largest absolute Gasteiger partial charge is 0.378 e. The van der Waals surface area contributed by atoms with Crippen LogP contribution < -0.4 is 5.32 Å². The van der Waals surface area contributed by atoms with E-state index in [2.05, 4.69) is 17.1 Å². The molecule has 1 heterocycles. The summed E-state index contributed by atoms with van der Waals surface area (Å²) in [6, 6.07) is 0. The molecule has 17 heavy (non-hydrogen) atoms. The van der Waals surface area contributed by atoms with Crippen molar-refractivity contribution in [1.82, 2.24) is 5.32 Å². The van der Waals surface area contributed by atoms with Crippen LogP contribution in [0.4, 0.5) is 0 Å². The summed E-state index contributed by atoms with van der Waals surface area (Å²) in [5, 5.41) is 3.86. The van der Waals surface area contributed by atoms with Crippen molar-refractivity contribution in [3.05, 3.63) is 0 Å². The molecule has 1 saturated heterocycles. The van der Waals surface area contributed by atoms with Gasteiger partial charge in [0.05, 0.1) is 10.5 Å². The second-order valence-electron chi connectivity index (χ2n) is 6.30. The maximum atomic E-state index is 5.92. The molecule has 4 saturated carbocycles. The van der Waals surface area contributed by atoms with Gasteiger partial charge in [0.2, 0.25) is 0 Å². The van der Waals surface area contributed by atoms with E-state index in [1.807, 2.05) is 7.11 Å². The number of rotatable bonds is 1. The van der Waals surface area contributed by atoms with E-state index in [4.69, 9.17) is 4.74 Å². The summed E-state index contributed by atoms with van der Waals surface area (Å²) < 4.78 is 5.92. The van der Waals surface area contributed by atoms with Crippen LogP contribution in [0.5, 0.6) is 0 Å². The molecule has 0 aromatic rings. The lowest BCUT2D eigenvalue weighted by molar-refractivity contribution is -0.163. The molecule has 4 aliphatic carbocycles. The average molecular weight is 276 g/mol. The van der Waals surface area contributed by atoms with Crippen LogP contribution in [0.3, 0.4) is 0 Å². The quantitative estimate of drug-likeness (QED) is 0.795. The van der Waals surface area contributed by atoms with Crippen molar-refractivity contribution >= 4 is 24.2 Å². The Balaban J connectivity index is 0.000000902. The van der Waals surface area contributed by atoms with Crippen LogP contribution in [0.15, 0.2) is 0 Å². The normalized spacial score (nSPS) is 55.2. The number of methoxy groups -OCH3 is 1. The van der Waals surface area contributed by atoms with E-state index in [1.54, 1.807) is 0 Å². The van der Waals surface area contributed by atoms with Gasteiger partial charge in [0.25, 0.3) is 0 Å². The first-order valence-electron chi connectivity index (χ1n) is 6.70. The molecule has 2 atom stereocenters. The van der Waals surface area contributed by atoms with Crippen molar-refractivity contribution < 1.29 is 4.74 Å². The first-order chi connectivity index (χ1) is 7.76. The molecular formula is C13H22ClNOS. The van der Waals surface area contributed by atoms with Crippen molar-refractivity contribution in [3.63, 3.8) is 0 Å². The molecular weight excluding hydrogens is 254 g/mol. The molecule has 1 spiro atoms. The van der Waals surface area contributed by atoms with Crippen molar-refractivity contribution in [2.24, 2.45) is 17.8 Å². The van der Waals surface area contributed by atoms with Crippen LogP contribution >= 0.6 is 24.2 Å². The number of ether oxygens (including phenoxy) is 1. The van der Waals surface area contributed by atoms with Crippen LogP contribution in [0.25, 0.3) is 0 Å². The monoisotopic (exact) mass is 275 g/mol. The highest BCUT2D eigenvalue weighted by Crippen LogP contribution is 2.64. The summed E-state index contributed by atoms with van der Waals surface area (Å²) in [5.41, 5.74) is 0.270. The lowest BCUT2D eigenvalue weighted by atomic mass is 9.51. The maximum Gasteiger partial charge on any atom is 0.0705 e. The van der Waals surface area contributed by atoms with E-state index in [0.29, 0.717) is 4.87 Å². The van der Waals surface area contributed by atoms with Gasteiger partial charge in [-0.15, -0.1) is 24.2 Å². The third-order valence-electron chi connectivity index (χ3n) is 5.62. The van der Waals surface area contributed by atoms with Crippen LogP contribution in [0.1, 0.15) is 32.1 Å². The molecule has 2 nitrogen and oxygen atoms in total. The van der Waals surface area contributed by atoms with Gasteiger partial charge < -0.3 is 10.1 Å². The molecule has 0 aromatic carbocycles. The summed E-state index contributed by atoms with van der Waals surface area (Å²) >= 11 is 2.22. The predicted molar refractivity (Wildman–Crippen MR) is 73.7 cm³/mol. The van der Waals surface area contributed by atoms with E-state index in [1.165, 1.54) is 44.4 Å². The Hall–Kier alpha value is 0.560. The first kappa shape index (κ1) is 12.6. The van der Waals surface area contributed by atoms with Crippen molar-refractivity contribution in [1.29, 1.82) is 0 Å². The summed E-state index contributed by atoms with van der Waals surface area (Å²) in [4.78, 5) is 0.457. The Morgan fingerprint density at radius 1 is 1.18 bits per heavy atom. The number of nitrogens with one attached hydrogen (secondary N) is 1. The second-order valence-corrected chi connectivity index (χ2v) is 7.67. The minimum atomic E-state index is 0. The van der Waals surface area contributed by atoms with Crippen LogP contribution in [0.2, 0.25) is 0 Å². The molecule has 98 valence electrons. The zero-order valence-electron chi connectivity index (χ0n) is 10.4. The van der Waals surface area contributed by atoms with Crippen LogP contribution in [-0.2, 0) is 4.74 Å². The van der Waals surface area contributed by atoms with E-state index < -0.39 is 0 Å². The van der Waals surface area contributed by atoms with Gasteiger partial charge in [0, 0.05) is 19.4 Å². The lowest BCUT2D eigenvalue weighted by Gasteiger charge is -2.63. The summed E-state index contributed by atoms with van der Waals surface area (Å²) in [6.07, 6.45) is 6.90. The van der Waals surface area contributed by atoms with Gasteiger partial charge in [-0.05, 0) is 49.9 Å². The molecule has 4 bridgehead atoms. The van der Waals surface area contributed by atoms with Gasteiger partial charge in [-0.25, -0.2) is 0 Å². The van der Waals surface area contributed by atoms with Gasteiger partial charge in [-0.3, -0.25) is 0 Å². The molecule has 2 unspecified atom stereocenters. The highest BCUT2D eigenvalue weighted by atomic mass is 35.5. The Labute approximate surface area is 114 Å². The Bertz CT molecular complexity index is 301. The number of thioether (sulfide) groups is 1.